The molecule has 0 bridgehead atoms. The maximum atomic E-state index is 10.5. The topological polar surface area (TPSA) is 43.1 Å². The number of carbonyl (C=O) groups excluding carboxylic acids is 1. The third kappa shape index (κ3) is 22.6. The van der Waals surface area contributed by atoms with Crippen molar-refractivity contribution < 1.29 is 4.79 Å². The third-order valence-corrected chi connectivity index (χ3v) is 1.19. The highest BCUT2D eigenvalue weighted by Gasteiger charge is 2.10. The molecule has 0 aromatic carbocycles. The molecule has 2 heteroatoms. The highest BCUT2D eigenvalue weighted by molar-refractivity contribution is 5.81. The Labute approximate surface area is 90.3 Å². The van der Waals surface area contributed by atoms with Crippen LogP contribution in [-0.4, -0.2) is 11.8 Å². The summed E-state index contributed by atoms with van der Waals surface area (Å²) in [6, 6.07) is -0.269. The zero-order valence-corrected chi connectivity index (χ0v) is 11.1. The predicted molar refractivity (Wildman–Crippen MR) is 65.4 cm³/mol. The van der Waals surface area contributed by atoms with Crippen LogP contribution in [0.4, 0.5) is 0 Å². The van der Waals surface area contributed by atoms with E-state index in [1.807, 2.05) is 13.8 Å². The van der Waals surface area contributed by atoms with Crippen LogP contribution < -0.4 is 5.73 Å². The summed E-state index contributed by atoms with van der Waals surface area (Å²) >= 11 is 0. The standard InChI is InChI=1S/C6H13NO.2C3H8/c1-4(2)6(7)5(3)8;2*1-3-2/h4,6H,7H2,1-3H3;2*3H2,1-2H3. The molecule has 0 spiro atoms. The van der Waals surface area contributed by atoms with Crippen molar-refractivity contribution in [3.05, 3.63) is 0 Å². The van der Waals surface area contributed by atoms with Crippen LogP contribution in [0.2, 0.25) is 0 Å². The number of ketones is 1. The molecule has 0 aliphatic heterocycles. The summed E-state index contributed by atoms with van der Waals surface area (Å²) in [6.07, 6.45) is 2.50. The second-order valence-corrected chi connectivity index (χ2v) is 3.79. The fraction of sp³-hybridized carbons (Fsp3) is 0.917. The Morgan fingerprint density at radius 3 is 1.29 bits per heavy atom. The highest BCUT2D eigenvalue weighted by atomic mass is 16.1. The minimum absolute atomic E-state index is 0.0694. The summed E-state index contributed by atoms with van der Waals surface area (Å²) in [4.78, 5) is 10.5. The first-order valence-corrected chi connectivity index (χ1v) is 5.64. The van der Waals surface area contributed by atoms with E-state index in [1.54, 1.807) is 0 Å². The number of hydrogen-bond acceptors (Lipinski definition) is 2. The van der Waals surface area contributed by atoms with Crippen LogP contribution in [0.5, 0.6) is 0 Å². The van der Waals surface area contributed by atoms with Gasteiger partial charge in [-0.1, -0.05) is 54.4 Å². The predicted octanol–water partition coefficient (Wildman–Crippen LogP) is 3.39. The molecule has 88 valence electrons. The Morgan fingerprint density at radius 1 is 1.07 bits per heavy atom. The van der Waals surface area contributed by atoms with Gasteiger partial charge in [0, 0.05) is 0 Å². The molecule has 2 nitrogen and oxygen atoms in total. The maximum absolute atomic E-state index is 10.5. The van der Waals surface area contributed by atoms with Gasteiger partial charge in [-0.15, -0.1) is 0 Å². The molecule has 2 N–H and O–H groups in total. The van der Waals surface area contributed by atoms with Gasteiger partial charge in [0.2, 0.25) is 0 Å². The molecule has 0 aliphatic rings. The molecule has 0 saturated heterocycles. The van der Waals surface area contributed by atoms with Crippen molar-refractivity contribution in [3.8, 4) is 0 Å². The monoisotopic (exact) mass is 203 g/mol. The van der Waals surface area contributed by atoms with Gasteiger partial charge in [0.05, 0.1) is 6.04 Å². The van der Waals surface area contributed by atoms with Crippen molar-refractivity contribution in [2.45, 2.75) is 67.3 Å². The third-order valence-electron chi connectivity index (χ3n) is 1.19. The molecule has 0 rings (SSSR count). The molecule has 0 heterocycles. The summed E-state index contributed by atoms with van der Waals surface area (Å²) in [5, 5.41) is 0. The SMILES string of the molecule is CC(=O)C(N)C(C)C.CCC.CCC. The lowest BCUT2D eigenvalue weighted by Gasteiger charge is -2.09. The Morgan fingerprint density at radius 2 is 1.29 bits per heavy atom. The number of hydrogen-bond donors (Lipinski definition) is 1. The molecule has 1 unspecified atom stereocenters. The smallest absolute Gasteiger partial charge is 0.146 e. The number of nitrogens with two attached hydrogens (primary N) is 1. The first-order chi connectivity index (χ1) is 6.38. The summed E-state index contributed by atoms with van der Waals surface area (Å²) in [6.45, 7) is 13.9. The zero-order chi connectivity index (χ0) is 12.1. The average molecular weight is 203 g/mol. The maximum Gasteiger partial charge on any atom is 0.146 e. The largest absolute Gasteiger partial charge is 0.321 e. The molecule has 0 amide bonds. The molecular formula is C12H29NO. The summed E-state index contributed by atoms with van der Waals surface area (Å²) in [5.74, 6) is 0.340. The first kappa shape index (κ1) is 19.2. The van der Waals surface area contributed by atoms with Gasteiger partial charge in [0.1, 0.15) is 5.78 Å². The van der Waals surface area contributed by atoms with Crippen LogP contribution in [0.15, 0.2) is 0 Å². The minimum atomic E-state index is -0.269. The van der Waals surface area contributed by atoms with Gasteiger partial charge in [-0.25, -0.2) is 0 Å². The Bertz CT molecular complexity index is 109. The van der Waals surface area contributed by atoms with Crippen LogP contribution in [-0.2, 0) is 4.79 Å². The summed E-state index contributed by atoms with van der Waals surface area (Å²) < 4.78 is 0. The molecule has 0 radical (unpaired) electrons. The van der Waals surface area contributed by atoms with Crippen molar-refractivity contribution >= 4 is 5.78 Å². The van der Waals surface area contributed by atoms with Gasteiger partial charge in [-0.3, -0.25) is 4.79 Å². The number of Topliss-reactive ketones (excluding diaryl/α,β-unsaturated/α-hetero) is 1. The van der Waals surface area contributed by atoms with Crippen molar-refractivity contribution in [3.63, 3.8) is 0 Å². The van der Waals surface area contributed by atoms with Crippen molar-refractivity contribution in [2.24, 2.45) is 11.7 Å². The molecule has 0 aromatic rings. The summed E-state index contributed by atoms with van der Waals surface area (Å²) in [5.41, 5.74) is 5.41. The second-order valence-electron chi connectivity index (χ2n) is 3.79. The van der Waals surface area contributed by atoms with Gasteiger partial charge in [0.25, 0.3) is 0 Å². The normalized spacial score (nSPS) is 10.6. The van der Waals surface area contributed by atoms with E-state index < -0.39 is 0 Å². The van der Waals surface area contributed by atoms with Crippen LogP contribution in [0, 0.1) is 5.92 Å². The van der Waals surface area contributed by atoms with Crippen molar-refractivity contribution in [1.82, 2.24) is 0 Å². The van der Waals surface area contributed by atoms with Crippen LogP contribution in [0.3, 0.4) is 0 Å². The second kappa shape index (κ2) is 15.1. The fourth-order valence-electron chi connectivity index (χ4n) is 0.469. The average Bonchev–Trinajstić information content (AvgIpc) is 2.05. The Kier molecular flexibility index (Phi) is 20.8. The zero-order valence-electron chi connectivity index (χ0n) is 11.1. The van der Waals surface area contributed by atoms with E-state index in [4.69, 9.17) is 5.73 Å². The van der Waals surface area contributed by atoms with Gasteiger partial charge < -0.3 is 5.73 Å². The molecule has 0 aromatic heterocycles. The van der Waals surface area contributed by atoms with E-state index in [9.17, 15) is 4.79 Å². The van der Waals surface area contributed by atoms with Gasteiger partial charge in [-0.2, -0.15) is 0 Å². The lowest BCUT2D eigenvalue weighted by molar-refractivity contribution is -0.119. The van der Waals surface area contributed by atoms with Crippen LogP contribution in [0.25, 0.3) is 0 Å². The molecule has 0 fully saturated rings. The summed E-state index contributed by atoms with van der Waals surface area (Å²) in [7, 11) is 0. The highest BCUT2D eigenvalue weighted by Crippen LogP contribution is 1.97. The first-order valence-electron chi connectivity index (χ1n) is 5.64. The molecule has 0 aliphatic carbocycles. The van der Waals surface area contributed by atoms with Gasteiger partial charge in [-0.05, 0) is 12.8 Å². The number of rotatable bonds is 2. The van der Waals surface area contributed by atoms with Crippen LogP contribution >= 0.6 is 0 Å². The Hall–Kier alpha value is -0.370. The van der Waals surface area contributed by atoms with E-state index in [0.29, 0.717) is 0 Å². The van der Waals surface area contributed by atoms with Crippen LogP contribution in [0.1, 0.15) is 61.3 Å². The Balaban J connectivity index is -0.000000168. The van der Waals surface area contributed by atoms with Gasteiger partial charge >= 0.3 is 0 Å². The van der Waals surface area contributed by atoms with E-state index in [-0.39, 0.29) is 17.7 Å². The molecule has 14 heavy (non-hydrogen) atoms. The molecule has 0 saturated carbocycles. The van der Waals surface area contributed by atoms with E-state index in [2.05, 4.69) is 27.7 Å². The van der Waals surface area contributed by atoms with Crippen molar-refractivity contribution in [1.29, 1.82) is 0 Å². The molecule has 1 atom stereocenters. The van der Waals surface area contributed by atoms with Crippen molar-refractivity contribution in [2.75, 3.05) is 0 Å². The molecular weight excluding hydrogens is 174 g/mol. The van der Waals surface area contributed by atoms with E-state index >= 15 is 0 Å². The lowest BCUT2D eigenvalue weighted by atomic mass is 10.0. The minimum Gasteiger partial charge on any atom is -0.321 e. The van der Waals surface area contributed by atoms with E-state index in [1.165, 1.54) is 19.8 Å². The fourth-order valence-corrected chi connectivity index (χ4v) is 0.469. The van der Waals surface area contributed by atoms with E-state index in [0.717, 1.165) is 0 Å². The van der Waals surface area contributed by atoms with Gasteiger partial charge in [0.15, 0.2) is 0 Å². The quantitative estimate of drug-likeness (QED) is 0.747. The lowest BCUT2D eigenvalue weighted by Crippen LogP contribution is -2.33. The number of carbonyl (C=O) groups is 1.